The van der Waals surface area contributed by atoms with Gasteiger partial charge < -0.3 is 9.84 Å². The molecule has 0 amide bonds. The van der Waals surface area contributed by atoms with E-state index >= 15 is 0 Å². The lowest BCUT2D eigenvalue weighted by Crippen LogP contribution is -2.52. The predicted molar refractivity (Wildman–Crippen MR) is 102 cm³/mol. The quantitative estimate of drug-likeness (QED) is 0.706. The van der Waals surface area contributed by atoms with Gasteiger partial charge in [-0.3, -0.25) is 0 Å². The van der Waals surface area contributed by atoms with Crippen molar-refractivity contribution in [3.8, 4) is 0 Å². The zero-order valence-electron chi connectivity index (χ0n) is 16.4. The summed E-state index contributed by atoms with van der Waals surface area (Å²) in [6, 6.07) is 0. The maximum atomic E-state index is 9.18. The second kappa shape index (κ2) is 6.53. The highest BCUT2D eigenvalue weighted by Crippen LogP contribution is 2.63. The van der Waals surface area contributed by atoms with Crippen LogP contribution in [0, 0.1) is 28.6 Å². The summed E-state index contributed by atoms with van der Waals surface area (Å²) in [5.74, 6) is 2.18. The summed E-state index contributed by atoms with van der Waals surface area (Å²) in [4.78, 5) is 0. The van der Waals surface area contributed by atoms with Gasteiger partial charge in [-0.15, -0.1) is 0 Å². The number of hydrogen-bond acceptors (Lipinski definition) is 2. The van der Waals surface area contributed by atoms with E-state index in [2.05, 4.69) is 32.9 Å². The molecule has 0 bridgehead atoms. The van der Waals surface area contributed by atoms with Crippen molar-refractivity contribution < 1.29 is 9.84 Å². The van der Waals surface area contributed by atoms with Gasteiger partial charge in [0, 0.05) is 0 Å². The number of rotatable bonds is 3. The van der Waals surface area contributed by atoms with Gasteiger partial charge in [-0.05, 0) is 80.5 Å². The van der Waals surface area contributed by atoms with Gasteiger partial charge in [-0.1, -0.05) is 43.6 Å². The van der Waals surface area contributed by atoms with Crippen LogP contribution in [0.2, 0.25) is 0 Å². The van der Waals surface area contributed by atoms with E-state index in [1.54, 1.807) is 11.1 Å². The van der Waals surface area contributed by atoms with E-state index in [0.717, 1.165) is 11.8 Å². The Hall–Kier alpha value is -0.600. The molecule has 2 nitrogen and oxygen atoms in total. The summed E-state index contributed by atoms with van der Waals surface area (Å²) in [7, 11) is 0. The van der Waals surface area contributed by atoms with Crippen LogP contribution >= 0.6 is 0 Å². The molecule has 2 saturated carbocycles. The van der Waals surface area contributed by atoms with Crippen LogP contribution in [0.4, 0.5) is 0 Å². The van der Waals surface area contributed by atoms with Crippen molar-refractivity contribution in [2.75, 3.05) is 13.2 Å². The zero-order chi connectivity index (χ0) is 17.7. The SMILES string of the molecule is CC1=CC[C@H]2C3=CC[C@H]4[C@@H](OCCO)CCC[C@]4(C)[C@H]3CC[C@]2(C)C1. The van der Waals surface area contributed by atoms with Crippen LogP contribution in [0.3, 0.4) is 0 Å². The first-order valence-electron chi connectivity index (χ1n) is 10.6. The summed E-state index contributed by atoms with van der Waals surface area (Å²) in [6.07, 6.45) is 15.8. The normalized spacial score (nSPS) is 46.4. The van der Waals surface area contributed by atoms with E-state index in [9.17, 15) is 5.11 Å². The summed E-state index contributed by atoms with van der Waals surface area (Å²) < 4.78 is 6.10. The molecule has 1 N–H and O–H groups in total. The van der Waals surface area contributed by atoms with E-state index in [4.69, 9.17) is 4.74 Å². The Balaban J connectivity index is 1.63. The molecule has 4 aliphatic rings. The molecule has 0 radical (unpaired) electrons. The molecule has 0 aliphatic heterocycles. The second-order valence-corrected chi connectivity index (χ2v) is 9.84. The topological polar surface area (TPSA) is 29.5 Å². The fourth-order valence-electron chi connectivity index (χ4n) is 7.13. The predicted octanol–water partition coefficient (Wildman–Crippen LogP) is 5.27. The monoisotopic (exact) mass is 344 g/mol. The molecule has 0 heterocycles. The smallest absolute Gasteiger partial charge is 0.0701 e. The summed E-state index contributed by atoms with van der Waals surface area (Å²) in [6.45, 7) is 8.09. The van der Waals surface area contributed by atoms with Gasteiger partial charge in [0.15, 0.2) is 0 Å². The Morgan fingerprint density at radius 1 is 1.12 bits per heavy atom. The lowest BCUT2D eigenvalue weighted by Gasteiger charge is -2.59. The maximum Gasteiger partial charge on any atom is 0.0701 e. The van der Waals surface area contributed by atoms with Crippen LogP contribution < -0.4 is 0 Å². The van der Waals surface area contributed by atoms with Crippen molar-refractivity contribution in [1.29, 1.82) is 0 Å². The van der Waals surface area contributed by atoms with Crippen molar-refractivity contribution in [3.05, 3.63) is 23.3 Å². The van der Waals surface area contributed by atoms with Crippen LogP contribution in [0.25, 0.3) is 0 Å². The molecule has 4 rings (SSSR count). The van der Waals surface area contributed by atoms with E-state index in [-0.39, 0.29) is 6.61 Å². The number of hydrogen-bond donors (Lipinski definition) is 1. The third-order valence-electron chi connectivity index (χ3n) is 8.36. The summed E-state index contributed by atoms with van der Waals surface area (Å²) >= 11 is 0. The molecule has 4 aliphatic carbocycles. The Morgan fingerprint density at radius 2 is 1.96 bits per heavy atom. The number of ether oxygens (including phenoxy) is 1. The fraction of sp³-hybridized carbons (Fsp3) is 0.826. The molecule has 0 aromatic rings. The van der Waals surface area contributed by atoms with E-state index in [1.807, 2.05) is 0 Å². The first-order valence-corrected chi connectivity index (χ1v) is 10.6. The molecule has 0 spiro atoms. The minimum Gasteiger partial charge on any atom is -0.394 e. The molecule has 25 heavy (non-hydrogen) atoms. The van der Waals surface area contributed by atoms with E-state index in [1.165, 1.54) is 51.4 Å². The Kier molecular flexibility index (Phi) is 4.65. The molecule has 0 aromatic heterocycles. The lowest BCUT2D eigenvalue weighted by molar-refractivity contribution is -0.102. The van der Waals surface area contributed by atoms with Gasteiger partial charge in [-0.25, -0.2) is 0 Å². The van der Waals surface area contributed by atoms with Crippen molar-refractivity contribution in [2.24, 2.45) is 28.6 Å². The molecule has 2 heteroatoms. The molecule has 0 saturated heterocycles. The minimum atomic E-state index is 0.149. The van der Waals surface area contributed by atoms with Crippen LogP contribution in [-0.4, -0.2) is 24.4 Å². The van der Waals surface area contributed by atoms with Gasteiger partial charge in [0.1, 0.15) is 0 Å². The Morgan fingerprint density at radius 3 is 2.76 bits per heavy atom. The van der Waals surface area contributed by atoms with Crippen LogP contribution in [-0.2, 0) is 4.74 Å². The van der Waals surface area contributed by atoms with Gasteiger partial charge in [0.05, 0.1) is 19.3 Å². The standard InChI is InChI=1S/C23H36O2/c1-16-6-8-18-17-7-9-20-21(25-14-13-24)5-4-11-23(20,3)19(17)10-12-22(18,2)15-16/h6-7,18-21,24H,4-5,8-15H2,1-3H3/t18-,19-,20-,21-,22+,23+/m0/s1. The molecule has 0 aromatic carbocycles. The van der Waals surface area contributed by atoms with E-state index < -0.39 is 0 Å². The van der Waals surface area contributed by atoms with Crippen molar-refractivity contribution >= 4 is 0 Å². The Bertz CT molecular complexity index is 577. The first kappa shape index (κ1) is 17.8. The van der Waals surface area contributed by atoms with E-state index in [0.29, 0.717) is 29.5 Å². The largest absolute Gasteiger partial charge is 0.394 e. The molecular weight excluding hydrogens is 308 g/mol. The molecule has 140 valence electrons. The van der Waals surface area contributed by atoms with Crippen molar-refractivity contribution in [2.45, 2.75) is 78.2 Å². The van der Waals surface area contributed by atoms with Gasteiger partial charge >= 0.3 is 0 Å². The third-order valence-corrected chi connectivity index (χ3v) is 8.36. The second-order valence-electron chi connectivity index (χ2n) is 9.84. The average Bonchev–Trinajstić information content (AvgIpc) is 2.57. The first-order chi connectivity index (χ1) is 12.0. The summed E-state index contributed by atoms with van der Waals surface area (Å²) in [5, 5.41) is 9.18. The zero-order valence-corrected chi connectivity index (χ0v) is 16.4. The number of allylic oxidation sites excluding steroid dienone is 4. The number of fused-ring (bicyclic) bond motifs is 5. The minimum absolute atomic E-state index is 0.149. The third kappa shape index (κ3) is 2.84. The molecule has 0 unspecified atom stereocenters. The molecule has 2 fully saturated rings. The van der Waals surface area contributed by atoms with Crippen molar-refractivity contribution in [1.82, 2.24) is 0 Å². The lowest BCUT2D eigenvalue weighted by atomic mass is 9.46. The maximum absolute atomic E-state index is 9.18. The van der Waals surface area contributed by atoms with Crippen molar-refractivity contribution in [3.63, 3.8) is 0 Å². The fourth-order valence-corrected chi connectivity index (χ4v) is 7.13. The number of aliphatic hydroxyl groups is 1. The average molecular weight is 345 g/mol. The van der Waals surface area contributed by atoms with Gasteiger partial charge in [0.25, 0.3) is 0 Å². The van der Waals surface area contributed by atoms with Crippen LogP contribution in [0.5, 0.6) is 0 Å². The van der Waals surface area contributed by atoms with Crippen LogP contribution in [0.15, 0.2) is 23.3 Å². The molecule has 6 atom stereocenters. The Labute approximate surface area is 153 Å². The molecular formula is C23H36O2. The van der Waals surface area contributed by atoms with Crippen LogP contribution in [0.1, 0.15) is 72.1 Å². The summed E-state index contributed by atoms with van der Waals surface area (Å²) in [5.41, 5.74) is 4.30. The van der Waals surface area contributed by atoms with Gasteiger partial charge in [0.2, 0.25) is 0 Å². The number of aliphatic hydroxyl groups excluding tert-OH is 1. The highest BCUT2D eigenvalue weighted by molar-refractivity contribution is 5.29. The van der Waals surface area contributed by atoms with Gasteiger partial charge in [-0.2, -0.15) is 0 Å². The highest BCUT2D eigenvalue weighted by Gasteiger charge is 2.55. The highest BCUT2D eigenvalue weighted by atomic mass is 16.5.